The Morgan fingerprint density at radius 1 is 1.29 bits per heavy atom. The molecule has 2 aromatic rings. The Kier molecular flexibility index (Phi) is 2.92. The van der Waals surface area contributed by atoms with E-state index in [-0.39, 0.29) is 0 Å². The van der Waals surface area contributed by atoms with Gasteiger partial charge >= 0.3 is 0 Å². The van der Waals surface area contributed by atoms with Crippen LogP contribution in [0.5, 0.6) is 0 Å². The molecule has 1 fully saturated rings. The van der Waals surface area contributed by atoms with Crippen molar-refractivity contribution in [2.75, 3.05) is 11.9 Å². The number of hydrogen-bond donors (Lipinski definition) is 0. The molecule has 1 aliphatic rings. The van der Waals surface area contributed by atoms with Crippen molar-refractivity contribution in [2.24, 2.45) is 0 Å². The quantitative estimate of drug-likeness (QED) is 0.846. The van der Waals surface area contributed by atoms with Crippen LogP contribution in [0, 0.1) is 0 Å². The minimum Gasteiger partial charge on any atom is -0.348 e. The summed E-state index contributed by atoms with van der Waals surface area (Å²) < 4.78 is 1.10. The topological polar surface area (TPSA) is 16.1 Å². The second kappa shape index (κ2) is 4.42. The van der Waals surface area contributed by atoms with Crippen LogP contribution in [-0.2, 0) is 0 Å². The van der Waals surface area contributed by atoms with E-state index in [2.05, 4.69) is 57.5 Å². The minimum atomic E-state index is 0.721. The molecule has 88 valence electrons. The van der Waals surface area contributed by atoms with Crippen LogP contribution in [-0.4, -0.2) is 18.1 Å². The molecule has 4 heteroatoms. The second-order valence-electron chi connectivity index (χ2n) is 4.36. The summed E-state index contributed by atoms with van der Waals surface area (Å²) in [6.07, 6.45) is 2.62. The number of hydrogen-bond acceptors (Lipinski definition) is 3. The SMILES string of the molecule is CN(c1nc(-c2ccc(Br)cc2)cs1)C1CC1. The van der Waals surface area contributed by atoms with Crippen LogP contribution in [0.1, 0.15) is 12.8 Å². The van der Waals surface area contributed by atoms with Crippen LogP contribution in [0.15, 0.2) is 34.1 Å². The Morgan fingerprint density at radius 3 is 2.65 bits per heavy atom. The number of thiazole rings is 1. The summed E-state index contributed by atoms with van der Waals surface area (Å²) in [5, 5.41) is 3.27. The monoisotopic (exact) mass is 308 g/mol. The van der Waals surface area contributed by atoms with Gasteiger partial charge in [-0.25, -0.2) is 4.98 Å². The summed E-state index contributed by atoms with van der Waals surface area (Å²) in [5.74, 6) is 0. The highest BCUT2D eigenvalue weighted by Gasteiger charge is 2.27. The number of aromatic nitrogens is 1. The van der Waals surface area contributed by atoms with Gasteiger partial charge in [-0.05, 0) is 25.0 Å². The van der Waals surface area contributed by atoms with E-state index in [9.17, 15) is 0 Å². The van der Waals surface area contributed by atoms with Gasteiger partial charge in [0.05, 0.1) is 5.69 Å². The van der Waals surface area contributed by atoms with Crippen LogP contribution < -0.4 is 4.90 Å². The standard InChI is InChI=1S/C13H13BrN2S/c1-16(11-6-7-11)13-15-12(8-17-13)9-2-4-10(14)5-3-9/h2-5,8,11H,6-7H2,1H3. The Labute approximate surface area is 113 Å². The molecule has 1 saturated carbocycles. The first-order valence-corrected chi connectivity index (χ1v) is 7.35. The largest absolute Gasteiger partial charge is 0.348 e. The molecule has 0 bridgehead atoms. The third kappa shape index (κ3) is 2.38. The minimum absolute atomic E-state index is 0.721. The summed E-state index contributed by atoms with van der Waals surface area (Å²) in [5.41, 5.74) is 2.25. The number of nitrogens with zero attached hydrogens (tertiary/aromatic N) is 2. The smallest absolute Gasteiger partial charge is 0.185 e. The molecule has 0 unspecified atom stereocenters. The molecule has 0 atom stereocenters. The summed E-state index contributed by atoms with van der Waals surface area (Å²) >= 11 is 5.18. The highest BCUT2D eigenvalue weighted by atomic mass is 79.9. The summed E-state index contributed by atoms with van der Waals surface area (Å²) in [6, 6.07) is 9.02. The van der Waals surface area contributed by atoms with Crippen LogP contribution in [0.4, 0.5) is 5.13 Å². The van der Waals surface area contributed by atoms with Crippen LogP contribution in [0.3, 0.4) is 0 Å². The molecule has 2 nitrogen and oxygen atoms in total. The van der Waals surface area contributed by atoms with Crippen LogP contribution >= 0.6 is 27.3 Å². The highest BCUT2D eigenvalue weighted by molar-refractivity contribution is 9.10. The molecule has 17 heavy (non-hydrogen) atoms. The number of benzene rings is 1. The van der Waals surface area contributed by atoms with Crippen molar-refractivity contribution in [3.05, 3.63) is 34.1 Å². The van der Waals surface area contributed by atoms with Gasteiger partial charge in [0.15, 0.2) is 5.13 Å². The number of anilines is 1. The van der Waals surface area contributed by atoms with Crippen molar-refractivity contribution >= 4 is 32.4 Å². The zero-order valence-electron chi connectivity index (χ0n) is 9.56. The normalized spacial score (nSPS) is 14.9. The first kappa shape index (κ1) is 11.2. The maximum absolute atomic E-state index is 4.70. The van der Waals surface area contributed by atoms with Crippen molar-refractivity contribution < 1.29 is 0 Å². The lowest BCUT2D eigenvalue weighted by Crippen LogP contribution is -2.18. The summed E-state index contributed by atoms with van der Waals surface area (Å²) in [7, 11) is 2.14. The van der Waals surface area contributed by atoms with Crippen LogP contribution in [0.25, 0.3) is 11.3 Å². The van der Waals surface area contributed by atoms with Gasteiger partial charge < -0.3 is 4.90 Å². The maximum atomic E-state index is 4.70. The molecule has 0 saturated heterocycles. The summed E-state index contributed by atoms with van der Waals surface area (Å²) in [4.78, 5) is 7.00. The van der Waals surface area contributed by atoms with E-state index >= 15 is 0 Å². The highest BCUT2D eigenvalue weighted by Crippen LogP contribution is 2.34. The van der Waals surface area contributed by atoms with E-state index in [1.165, 1.54) is 18.4 Å². The first-order valence-electron chi connectivity index (χ1n) is 5.68. The van der Waals surface area contributed by atoms with Crippen molar-refractivity contribution in [3.63, 3.8) is 0 Å². The molecule has 0 amide bonds. The average Bonchev–Trinajstić information content (AvgIpc) is 3.07. The van der Waals surface area contributed by atoms with E-state index in [1.807, 2.05) is 0 Å². The molecule has 0 aliphatic heterocycles. The van der Waals surface area contributed by atoms with Gasteiger partial charge in [-0.3, -0.25) is 0 Å². The Balaban J connectivity index is 1.86. The van der Waals surface area contributed by atoms with Gasteiger partial charge in [0.1, 0.15) is 0 Å². The van der Waals surface area contributed by atoms with E-state index in [4.69, 9.17) is 4.98 Å². The molecule has 0 N–H and O–H groups in total. The molecule has 3 rings (SSSR count). The number of halogens is 1. The van der Waals surface area contributed by atoms with Gasteiger partial charge in [0.25, 0.3) is 0 Å². The van der Waals surface area contributed by atoms with Crippen molar-refractivity contribution in [1.82, 2.24) is 4.98 Å². The third-order valence-electron chi connectivity index (χ3n) is 3.03. The van der Waals surface area contributed by atoms with E-state index in [0.717, 1.165) is 21.3 Å². The fraction of sp³-hybridized carbons (Fsp3) is 0.308. The van der Waals surface area contributed by atoms with E-state index in [0.29, 0.717) is 0 Å². The van der Waals surface area contributed by atoms with E-state index < -0.39 is 0 Å². The average molecular weight is 309 g/mol. The predicted octanol–water partition coefficient (Wildman–Crippen LogP) is 4.17. The molecule has 1 aromatic heterocycles. The molecular formula is C13H13BrN2S. The zero-order chi connectivity index (χ0) is 11.8. The Hall–Kier alpha value is -0.870. The van der Waals surface area contributed by atoms with E-state index in [1.54, 1.807) is 11.3 Å². The van der Waals surface area contributed by atoms with Gasteiger partial charge in [-0.2, -0.15) is 0 Å². The molecule has 0 spiro atoms. The van der Waals surface area contributed by atoms with Gasteiger partial charge in [-0.1, -0.05) is 28.1 Å². The lowest BCUT2D eigenvalue weighted by Gasteiger charge is -2.13. The maximum Gasteiger partial charge on any atom is 0.185 e. The fourth-order valence-electron chi connectivity index (χ4n) is 1.80. The van der Waals surface area contributed by atoms with Gasteiger partial charge in [0, 0.05) is 28.5 Å². The third-order valence-corrected chi connectivity index (χ3v) is 4.49. The lowest BCUT2D eigenvalue weighted by atomic mass is 10.2. The van der Waals surface area contributed by atoms with Gasteiger partial charge in [-0.15, -0.1) is 11.3 Å². The number of rotatable bonds is 3. The fourth-order valence-corrected chi connectivity index (χ4v) is 2.93. The first-order chi connectivity index (χ1) is 8.24. The molecular weight excluding hydrogens is 296 g/mol. The van der Waals surface area contributed by atoms with Crippen molar-refractivity contribution in [2.45, 2.75) is 18.9 Å². The Morgan fingerprint density at radius 2 is 2.00 bits per heavy atom. The van der Waals surface area contributed by atoms with Gasteiger partial charge in [0.2, 0.25) is 0 Å². The zero-order valence-corrected chi connectivity index (χ0v) is 12.0. The van der Waals surface area contributed by atoms with Crippen molar-refractivity contribution in [3.8, 4) is 11.3 Å². The Bertz CT molecular complexity index is 516. The van der Waals surface area contributed by atoms with Crippen molar-refractivity contribution in [1.29, 1.82) is 0 Å². The lowest BCUT2D eigenvalue weighted by molar-refractivity contribution is 0.909. The van der Waals surface area contributed by atoms with Crippen LogP contribution in [0.2, 0.25) is 0 Å². The predicted molar refractivity (Wildman–Crippen MR) is 76.7 cm³/mol. The molecule has 1 aromatic carbocycles. The summed E-state index contributed by atoms with van der Waals surface area (Å²) in [6.45, 7) is 0. The molecule has 0 radical (unpaired) electrons. The molecule has 1 aliphatic carbocycles. The molecule has 1 heterocycles. The second-order valence-corrected chi connectivity index (χ2v) is 6.12.